The third kappa shape index (κ3) is 7.40. The van der Waals surface area contributed by atoms with Crippen LogP contribution in [0.3, 0.4) is 0 Å². The zero-order valence-electron chi connectivity index (χ0n) is 39.0. The van der Waals surface area contributed by atoms with Gasteiger partial charge in [-0.15, -0.1) is 0 Å². The summed E-state index contributed by atoms with van der Waals surface area (Å²) < 4.78 is 17.7. The molecule has 6 heteroatoms. The molecule has 6 nitrogen and oxygen atoms in total. The van der Waals surface area contributed by atoms with Gasteiger partial charge in [0.2, 0.25) is 0 Å². The van der Waals surface area contributed by atoms with Gasteiger partial charge in [-0.3, -0.25) is 0 Å². The Morgan fingerprint density at radius 2 is 0.712 bits per heavy atom. The Morgan fingerprint density at radius 1 is 0.394 bits per heavy atom. The average molecular weight is 869 g/mol. The van der Waals surface area contributed by atoms with Gasteiger partial charge in [-0.2, -0.15) is 0 Å². The molecule has 66 heavy (non-hydrogen) atoms. The normalized spacial score (nSPS) is 12.2. The van der Waals surface area contributed by atoms with Crippen molar-refractivity contribution in [1.29, 1.82) is 0 Å². The molecule has 8 aromatic carbocycles. The molecule has 0 spiro atoms. The zero-order valence-corrected chi connectivity index (χ0v) is 39.0. The van der Waals surface area contributed by atoms with Crippen molar-refractivity contribution >= 4 is 43.6 Å². The first-order chi connectivity index (χ1) is 31.7. The summed E-state index contributed by atoms with van der Waals surface area (Å²) >= 11 is 0. The third-order valence-electron chi connectivity index (χ3n) is 13.0. The summed E-state index contributed by atoms with van der Waals surface area (Å²) in [5.74, 6) is 1.66. The molecule has 0 bridgehead atoms. The lowest BCUT2D eigenvalue weighted by atomic mass is 9.85. The minimum absolute atomic E-state index is 0.149. The smallest absolute Gasteiger partial charge is 0.147 e. The molecule has 0 radical (unpaired) electrons. The predicted octanol–water partition coefficient (Wildman–Crippen LogP) is 15.3. The van der Waals surface area contributed by atoms with Gasteiger partial charge in [-0.1, -0.05) is 126 Å². The van der Waals surface area contributed by atoms with Gasteiger partial charge in [0.1, 0.15) is 36.2 Å². The Labute approximate surface area is 386 Å². The fourth-order valence-corrected chi connectivity index (χ4v) is 9.60. The third-order valence-corrected chi connectivity index (χ3v) is 13.0. The van der Waals surface area contributed by atoms with E-state index in [1.54, 1.807) is 0 Å². The van der Waals surface area contributed by atoms with E-state index in [0.717, 1.165) is 77.0 Å². The van der Waals surface area contributed by atoms with Crippen LogP contribution in [0.1, 0.15) is 63.8 Å². The number of phenols is 2. The lowest BCUT2D eigenvalue weighted by molar-refractivity contribution is 0.218. The summed E-state index contributed by atoms with van der Waals surface area (Å²) in [4.78, 5) is 0. The summed E-state index contributed by atoms with van der Waals surface area (Å²) in [6.45, 7) is 17.8. The molecular weight excluding hydrogens is 813 g/mol. The Morgan fingerprint density at radius 3 is 1.03 bits per heavy atom. The van der Waals surface area contributed by atoms with Crippen molar-refractivity contribution < 1.29 is 19.7 Å². The molecule has 10 aromatic rings. The number of benzene rings is 8. The van der Waals surface area contributed by atoms with Crippen LogP contribution >= 0.6 is 0 Å². The molecule has 0 atom stereocenters. The SMILES string of the molecule is Cc1cc(-c2cc(C(C)(C)C)ccc2OCCOc2ccc(C(C)(C)C)cc2-c2cc(C)cc(-n3c4ccccc4c4ccccc43)c2O)c(O)c(-n2c3ccccc3c3ccccc32)c1. The number of aryl methyl sites for hydroxylation is 2. The number of aromatic hydroxyl groups is 2. The highest BCUT2D eigenvalue weighted by molar-refractivity contribution is 6.10. The van der Waals surface area contributed by atoms with Gasteiger partial charge in [-0.05, 0) is 120 Å². The van der Waals surface area contributed by atoms with E-state index in [-0.39, 0.29) is 35.5 Å². The van der Waals surface area contributed by atoms with Crippen LogP contribution in [0, 0.1) is 13.8 Å². The van der Waals surface area contributed by atoms with Gasteiger partial charge < -0.3 is 28.8 Å². The van der Waals surface area contributed by atoms with E-state index in [9.17, 15) is 10.2 Å². The minimum atomic E-state index is -0.149. The van der Waals surface area contributed by atoms with Crippen LogP contribution in [0.25, 0.3) is 77.2 Å². The molecule has 10 rings (SSSR count). The second-order valence-electron chi connectivity index (χ2n) is 19.7. The Kier molecular flexibility index (Phi) is 10.4. The first-order valence-electron chi connectivity index (χ1n) is 22.9. The molecule has 0 aliphatic carbocycles. The van der Waals surface area contributed by atoms with Crippen molar-refractivity contribution in [2.45, 2.75) is 66.2 Å². The van der Waals surface area contributed by atoms with Crippen molar-refractivity contribution in [2.75, 3.05) is 13.2 Å². The van der Waals surface area contributed by atoms with Crippen molar-refractivity contribution in [2.24, 2.45) is 0 Å². The second-order valence-corrected chi connectivity index (χ2v) is 19.7. The zero-order chi connectivity index (χ0) is 46.1. The minimum Gasteiger partial charge on any atom is -0.505 e. The highest BCUT2D eigenvalue weighted by Crippen LogP contribution is 2.46. The van der Waals surface area contributed by atoms with Crippen LogP contribution in [0.5, 0.6) is 23.0 Å². The second kappa shape index (κ2) is 16.2. The Hall–Kier alpha value is -7.44. The van der Waals surface area contributed by atoms with E-state index in [2.05, 4.69) is 174 Å². The average Bonchev–Trinajstić information content (AvgIpc) is 3.81. The largest absolute Gasteiger partial charge is 0.505 e. The maximum absolute atomic E-state index is 12.4. The quantitative estimate of drug-likeness (QED) is 0.142. The Bertz CT molecular complexity index is 3160. The van der Waals surface area contributed by atoms with E-state index >= 15 is 0 Å². The topological polar surface area (TPSA) is 68.8 Å². The molecule has 0 fully saturated rings. The number of ether oxygens (including phenoxy) is 2. The van der Waals surface area contributed by atoms with E-state index < -0.39 is 0 Å². The van der Waals surface area contributed by atoms with Gasteiger partial charge in [0.25, 0.3) is 0 Å². The first kappa shape index (κ1) is 42.5. The van der Waals surface area contributed by atoms with Crippen molar-refractivity contribution in [3.8, 4) is 56.6 Å². The number of fused-ring (bicyclic) bond motifs is 6. The molecule has 0 aliphatic heterocycles. The number of para-hydroxylation sites is 4. The van der Waals surface area contributed by atoms with Gasteiger partial charge in [-0.25, -0.2) is 0 Å². The van der Waals surface area contributed by atoms with E-state index in [4.69, 9.17) is 9.47 Å². The van der Waals surface area contributed by atoms with Gasteiger partial charge >= 0.3 is 0 Å². The predicted molar refractivity (Wildman–Crippen MR) is 274 cm³/mol. The summed E-state index contributed by atoms with van der Waals surface area (Å²) in [5.41, 5.74) is 12.5. The number of hydrogen-bond acceptors (Lipinski definition) is 4. The fourth-order valence-electron chi connectivity index (χ4n) is 9.60. The van der Waals surface area contributed by atoms with Crippen molar-refractivity contribution in [3.63, 3.8) is 0 Å². The lowest BCUT2D eigenvalue weighted by Gasteiger charge is -2.24. The van der Waals surface area contributed by atoms with E-state index in [0.29, 0.717) is 34.0 Å². The highest BCUT2D eigenvalue weighted by Gasteiger charge is 2.25. The molecule has 0 aliphatic rings. The maximum atomic E-state index is 12.4. The molecule has 2 aromatic heterocycles. The van der Waals surface area contributed by atoms with Crippen molar-refractivity contribution in [3.05, 3.63) is 180 Å². The van der Waals surface area contributed by atoms with Crippen LogP contribution in [-0.4, -0.2) is 32.6 Å². The summed E-state index contributed by atoms with van der Waals surface area (Å²) in [5, 5.41) is 29.4. The molecule has 0 amide bonds. The van der Waals surface area contributed by atoms with E-state index in [1.165, 1.54) is 0 Å². The molecule has 2 heterocycles. The van der Waals surface area contributed by atoms with Crippen LogP contribution in [0.2, 0.25) is 0 Å². The van der Waals surface area contributed by atoms with Crippen LogP contribution in [-0.2, 0) is 10.8 Å². The summed E-state index contributed by atoms with van der Waals surface area (Å²) in [7, 11) is 0. The number of hydrogen-bond donors (Lipinski definition) is 2. The van der Waals surface area contributed by atoms with Crippen LogP contribution < -0.4 is 9.47 Å². The van der Waals surface area contributed by atoms with Gasteiger partial charge in [0.15, 0.2) is 0 Å². The van der Waals surface area contributed by atoms with Crippen LogP contribution in [0.15, 0.2) is 158 Å². The number of aromatic nitrogens is 2. The molecular formula is C60H56N2O4. The van der Waals surface area contributed by atoms with Crippen LogP contribution in [0.4, 0.5) is 0 Å². The highest BCUT2D eigenvalue weighted by atomic mass is 16.5. The molecule has 0 saturated heterocycles. The number of nitrogens with zero attached hydrogens (tertiary/aromatic N) is 2. The summed E-state index contributed by atoms with van der Waals surface area (Å²) in [6.07, 6.45) is 0. The number of phenolic OH excluding ortho intramolecular Hbond substituents is 2. The molecule has 2 N–H and O–H groups in total. The molecule has 0 saturated carbocycles. The fraction of sp³-hybridized carbons (Fsp3) is 0.200. The van der Waals surface area contributed by atoms with Gasteiger partial charge in [0, 0.05) is 43.8 Å². The Balaban J connectivity index is 1.01. The lowest BCUT2D eigenvalue weighted by Crippen LogP contribution is -2.14. The maximum Gasteiger partial charge on any atom is 0.147 e. The summed E-state index contributed by atoms with van der Waals surface area (Å²) in [6, 6.07) is 54.2. The van der Waals surface area contributed by atoms with Gasteiger partial charge in [0.05, 0.1) is 33.4 Å². The monoisotopic (exact) mass is 868 g/mol. The molecule has 0 unspecified atom stereocenters. The van der Waals surface area contributed by atoms with E-state index in [1.807, 2.05) is 48.5 Å². The molecule has 330 valence electrons. The standard InChI is InChI=1S/C60H56N2O4/c1-37-31-47(57(63)53(33-37)61-49-21-13-9-17-41(49)42-18-10-14-22-50(42)61)45-35-39(59(3,4)5)25-27-55(45)65-29-30-66-56-28-26-40(60(6,7)8)36-46(56)48-32-38(2)34-54(58(48)64)62-51-23-15-11-19-43(51)44-20-12-16-24-52(44)62/h9-28,31-36,63-64H,29-30H2,1-8H3. The first-order valence-corrected chi connectivity index (χ1v) is 22.9. The number of rotatable bonds is 9. The van der Waals surface area contributed by atoms with Crippen molar-refractivity contribution in [1.82, 2.24) is 9.13 Å².